The summed E-state index contributed by atoms with van der Waals surface area (Å²) in [6, 6.07) is 8.67. The minimum Gasteiger partial charge on any atom is -0.481 e. The number of benzene rings is 1. The molecule has 0 bridgehead atoms. The van der Waals surface area contributed by atoms with Crippen LogP contribution in [0.2, 0.25) is 0 Å². The van der Waals surface area contributed by atoms with E-state index < -0.39 is 5.97 Å². The van der Waals surface area contributed by atoms with Crippen LogP contribution < -0.4 is 0 Å². The molecule has 2 nitrogen and oxygen atoms in total. The molecule has 1 atom stereocenters. The summed E-state index contributed by atoms with van der Waals surface area (Å²) in [4.78, 5) is 10.9. The molecule has 0 radical (unpaired) electrons. The smallest absolute Gasteiger partial charge is 0.303 e. The molecule has 0 saturated heterocycles. The number of hydrogen-bond donors (Lipinski definition) is 1. The van der Waals surface area contributed by atoms with Crippen molar-refractivity contribution in [1.82, 2.24) is 0 Å². The van der Waals surface area contributed by atoms with Gasteiger partial charge in [0.25, 0.3) is 0 Å². The number of aryl methyl sites for hydroxylation is 1. The third kappa shape index (κ3) is 4.09. The van der Waals surface area contributed by atoms with E-state index in [9.17, 15) is 4.79 Å². The summed E-state index contributed by atoms with van der Waals surface area (Å²) in [7, 11) is 0. The number of rotatable bonds is 5. The lowest BCUT2D eigenvalue weighted by Gasteiger charge is -2.30. The van der Waals surface area contributed by atoms with Gasteiger partial charge in [0.2, 0.25) is 0 Å². The maximum absolute atomic E-state index is 10.9. The van der Waals surface area contributed by atoms with Gasteiger partial charge in [-0.2, -0.15) is 0 Å². The van der Waals surface area contributed by atoms with E-state index in [1.165, 1.54) is 43.2 Å². The summed E-state index contributed by atoms with van der Waals surface area (Å²) in [6.07, 6.45) is 7.55. The third-order valence-electron chi connectivity index (χ3n) is 4.39. The average Bonchev–Trinajstić information content (AvgIpc) is 2.42. The van der Waals surface area contributed by atoms with Crippen LogP contribution in [0.4, 0.5) is 0 Å². The van der Waals surface area contributed by atoms with Crippen LogP contribution in [-0.2, 0) is 4.79 Å². The molecule has 0 amide bonds. The first-order valence-electron chi connectivity index (χ1n) is 7.45. The normalized spacial score (nSPS) is 18.2. The van der Waals surface area contributed by atoms with Crippen molar-refractivity contribution >= 4 is 5.97 Å². The van der Waals surface area contributed by atoms with Crippen molar-refractivity contribution in [3.63, 3.8) is 0 Å². The maximum Gasteiger partial charge on any atom is 0.303 e. The van der Waals surface area contributed by atoms with Gasteiger partial charge in [-0.05, 0) is 43.6 Å². The molecule has 1 aliphatic carbocycles. The molecular weight excluding hydrogens is 236 g/mol. The third-order valence-corrected chi connectivity index (χ3v) is 4.39. The first-order valence-corrected chi connectivity index (χ1v) is 7.45. The molecule has 1 N–H and O–H groups in total. The minimum atomic E-state index is -0.673. The topological polar surface area (TPSA) is 37.3 Å². The Balaban J connectivity index is 2.12. The molecule has 0 aromatic heterocycles. The Morgan fingerprint density at radius 1 is 1.21 bits per heavy atom. The van der Waals surface area contributed by atoms with Crippen molar-refractivity contribution in [1.29, 1.82) is 0 Å². The molecule has 1 saturated carbocycles. The molecule has 2 heteroatoms. The van der Waals surface area contributed by atoms with Crippen LogP contribution in [0.1, 0.15) is 62.0 Å². The first-order chi connectivity index (χ1) is 9.16. The van der Waals surface area contributed by atoms with Gasteiger partial charge < -0.3 is 5.11 Å². The number of carbonyl (C=O) groups is 1. The Kier molecular flexibility index (Phi) is 5.00. The van der Waals surface area contributed by atoms with Crippen LogP contribution >= 0.6 is 0 Å². The highest BCUT2D eigenvalue weighted by molar-refractivity contribution is 5.66. The van der Waals surface area contributed by atoms with E-state index in [2.05, 4.69) is 31.2 Å². The van der Waals surface area contributed by atoms with E-state index in [4.69, 9.17) is 5.11 Å². The molecule has 19 heavy (non-hydrogen) atoms. The average molecular weight is 260 g/mol. The van der Waals surface area contributed by atoms with Gasteiger partial charge in [0.1, 0.15) is 0 Å². The Hall–Kier alpha value is -1.31. The van der Waals surface area contributed by atoms with Gasteiger partial charge in [-0.15, -0.1) is 0 Å². The van der Waals surface area contributed by atoms with Gasteiger partial charge >= 0.3 is 5.97 Å². The summed E-state index contributed by atoms with van der Waals surface area (Å²) < 4.78 is 0. The van der Waals surface area contributed by atoms with Crippen molar-refractivity contribution in [2.45, 2.75) is 57.8 Å². The molecule has 1 unspecified atom stereocenters. The lowest BCUT2D eigenvalue weighted by atomic mass is 9.75. The van der Waals surface area contributed by atoms with Crippen LogP contribution in [0.25, 0.3) is 0 Å². The monoisotopic (exact) mass is 260 g/mol. The van der Waals surface area contributed by atoms with Gasteiger partial charge in [-0.25, -0.2) is 0 Å². The van der Waals surface area contributed by atoms with Gasteiger partial charge in [-0.3, -0.25) is 4.79 Å². The van der Waals surface area contributed by atoms with E-state index in [-0.39, 0.29) is 6.42 Å². The van der Waals surface area contributed by atoms with Crippen molar-refractivity contribution in [2.24, 2.45) is 5.92 Å². The standard InChI is InChI=1S/C17H24O2/c1-13-7-9-15(10-8-13)16(11-12-17(18)19)14-5-3-2-4-6-14/h7-10,14,16H,2-6,11-12H2,1H3,(H,18,19). The number of hydrogen-bond acceptors (Lipinski definition) is 1. The molecule has 0 heterocycles. The van der Waals surface area contributed by atoms with E-state index in [1.54, 1.807) is 0 Å². The largest absolute Gasteiger partial charge is 0.481 e. The molecule has 2 rings (SSSR count). The lowest BCUT2D eigenvalue weighted by Crippen LogP contribution is -2.17. The van der Waals surface area contributed by atoms with E-state index >= 15 is 0 Å². The highest BCUT2D eigenvalue weighted by Gasteiger charge is 2.25. The van der Waals surface area contributed by atoms with E-state index in [0.717, 1.165) is 6.42 Å². The number of aliphatic carboxylic acids is 1. The predicted octanol–water partition coefficient (Wildman–Crippen LogP) is 4.52. The Morgan fingerprint density at radius 2 is 1.84 bits per heavy atom. The zero-order valence-electron chi connectivity index (χ0n) is 11.8. The minimum absolute atomic E-state index is 0.287. The molecule has 1 aromatic rings. The number of carboxylic acid groups (broad SMARTS) is 1. The predicted molar refractivity (Wildman–Crippen MR) is 77.4 cm³/mol. The Morgan fingerprint density at radius 3 is 2.42 bits per heavy atom. The summed E-state index contributed by atoms with van der Waals surface area (Å²) in [6.45, 7) is 2.09. The summed E-state index contributed by atoms with van der Waals surface area (Å²) in [5, 5.41) is 8.95. The summed E-state index contributed by atoms with van der Waals surface area (Å²) >= 11 is 0. The van der Waals surface area contributed by atoms with Crippen LogP contribution in [0.3, 0.4) is 0 Å². The van der Waals surface area contributed by atoms with Crippen molar-refractivity contribution in [2.75, 3.05) is 0 Å². The molecule has 0 aliphatic heterocycles. The molecule has 0 spiro atoms. The van der Waals surface area contributed by atoms with Crippen LogP contribution in [0.5, 0.6) is 0 Å². The van der Waals surface area contributed by atoms with Crippen molar-refractivity contribution < 1.29 is 9.90 Å². The van der Waals surface area contributed by atoms with Crippen molar-refractivity contribution in [3.05, 3.63) is 35.4 Å². The fourth-order valence-electron chi connectivity index (χ4n) is 3.30. The zero-order chi connectivity index (χ0) is 13.7. The fourth-order valence-corrected chi connectivity index (χ4v) is 3.30. The highest BCUT2D eigenvalue weighted by atomic mass is 16.4. The Labute approximate surface area is 115 Å². The van der Waals surface area contributed by atoms with Gasteiger partial charge in [0.05, 0.1) is 0 Å². The molecular formula is C17H24O2. The quantitative estimate of drug-likeness (QED) is 0.845. The molecule has 1 aliphatic rings. The molecule has 104 valence electrons. The first kappa shape index (κ1) is 14.1. The van der Waals surface area contributed by atoms with Gasteiger partial charge in [0, 0.05) is 6.42 Å². The fraction of sp³-hybridized carbons (Fsp3) is 0.588. The van der Waals surface area contributed by atoms with Crippen LogP contribution in [-0.4, -0.2) is 11.1 Å². The van der Waals surface area contributed by atoms with Gasteiger partial charge in [0.15, 0.2) is 0 Å². The lowest BCUT2D eigenvalue weighted by molar-refractivity contribution is -0.137. The molecule has 1 fully saturated rings. The van der Waals surface area contributed by atoms with Crippen LogP contribution in [0.15, 0.2) is 24.3 Å². The maximum atomic E-state index is 10.9. The van der Waals surface area contributed by atoms with Gasteiger partial charge in [-0.1, -0.05) is 49.1 Å². The second-order valence-corrected chi connectivity index (χ2v) is 5.85. The summed E-state index contributed by atoms with van der Waals surface area (Å²) in [5.74, 6) is 0.431. The SMILES string of the molecule is Cc1ccc(C(CCC(=O)O)C2CCCCC2)cc1. The zero-order valence-corrected chi connectivity index (χ0v) is 11.8. The highest BCUT2D eigenvalue weighted by Crippen LogP contribution is 2.38. The molecule has 1 aromatic carbocycles. The second kappa shape index (κ2) is 6.74. The second-order valence-electron chi connectivity index (χ2n) is 5.85. The Bertz CT molecular complexity index is 402. The summed E-state index contributed by atoms with van der Waals surface area (Å²) in [5.41, 5.74) is 2.60. The van der Waals surface area contributed by atoms with Crippen LogP contribution in [0, 0.1) is 12.8 Å². The van der Waals surface area contributed by atoms with E-state index in [1.807, 2.05) is 0 Å². The number of carboxylic acids is 1. The van der Waals surface area contributed by atoms with E-state index in [0.29, 0.717) is 11.8 Å². The van der Waals surface area contributed by atoms with Crippen molar-refractivity contribution in [3.8, 4) is 0 Å².